The first kappa shape index (κ1) is 19.9. The van der Waals surface area contributed by atoms with Crippen molar-refractivity contribution < 1.29 is 19.8 Å². The average Bonchev–Trinajstić information content (AvgIpc) is 2.53. The molecule has 0 amide bonds. The summed E-state index contributed by atoms with van der Waals surface area (Å²) < 4.78 is 0. The van der Waals surface area contributed by atoms with Gasteiger partial charge in [0.05, 0.1) is 13.1 Å². The number of aryl methyl sites for hydroxylation is 2. The Labute approximate surface area is 146 Å². The molecule has 3 N–H and O–H groups in total. The van der Waals surface area contributed by atoms with Gasteiger partial charge < -0.3 is 10.2 Å². The predicted molar refractivity (Wildman–Crippen MR) is 94.3 cm³/mol. The standard InChI is InChI=1S/C15H13N.C4H7NO4/c1-12-10-15(11-13(2)16-12)9-8-14-6-4-3-5-7-14;6-3(7)1-5-2-4(8)9/h3-7,10-11H,1-2H3;5H,1-2H2,(H,6,7)(H,8,9). The number of carboxylic acid groups (broad SMARTS) is 2. The molecular formula is C19H20N2O4. The Morgan fingerprint density at radius 2 is 1.40 bits per heavy atom. The maximum absolute atomic E-state index is 9.73. The van der Waals surface area contributed by atoms with E-state index in [0.717, 1.165) is 22.5 Å². The number of carbonyl (C=O) groups is 2. The molecule has 0 fully saturated rings. The summed E-state index contributed by atoms with van der Waals surface area (Å²) in [5, 5.41) is 18.1. The zero-order valence-corrected chi connectivity index (χ0v) is 14.1. The van der Waals surface area contributed by atoms with Gasteiger partial charge in [0.25, 0.3) is 0 Å². The van der Waals surface area contributed by atoms with Crippen molar-refractivity contribution in [3.05, 3.63) is 65.0 Å². The fourth-order valence-corrected chi connectivity index (χ4v) is 1.85. The van der Waals surface area contributed by atoms with E-state index in [9.17, 15) is 9.59 Å². The molecule has 6 heteroatoms. The highest BCUT2D eigenvalue weighted by molar-refractivity contribution is 5.72. The van der Waals surface area contributed by atoms with Crippen LogP contribution in [0.5, 0.6) is 0 Å². The van der Waals surface area contributed by atoms with E-state index in [4.69, 9.17) is 10.2 Å². The number of benzene rings is 1. The lowest BCUT2D eigenvalue weighted by atomic mass is 10.1. The van der Waals surface area contributed by atoms with Crippen molar-refractivity contribution in [2.75, 3.05) is 13.1 Å². The van der Waals surface area contributed by atoms with Gasteiger partial charge in [-0.25, -0.2) is 0 Å². The van der Waals surface area contributed by atoms with Gasteiger partial charge in [0.1, 0.15) is 0 Å². The number of pyridine rings is 1. The molecule has 0 saturated heterocycles. The number of nitrogens with zero attached hydrogens (tertiary/aromatic N) is 1. The third kappa shape index (κ3) is 9.54. The molecule has 0 aliphatic rings. The zero-order chi connectivity index (χ0) is 18.7. The van der Waals surface area contributed by atoms with Gasteiger partial charge in [-0.3, -0.25) is 19.9 Å². The fourth-order valence-electron chi connectivity index (χ4n) is 1.85. The first-order chi connectivity index (χ1) is 11.9. The van der Waals surface area contributed by atoms with Crippen molar-refractivity contribution in [2.24, 2.45) is 0 Å². The molecule has 25 heavy (non-hydrogen) atoms. The maximum Gasteiger partial charge on any atom is 0.317 e. The number of hydrogen-bond donors (Lipinski definition) is 3. The molecule has 0 aliphatic heterocycles. The molecule has 0 atom stereocenters. The van der Waals surface area contributed by atoms with Crippen LogP contribution in [-0.2, 0) is 9.59 Å². The van der Waals surface area contributed by atoms with E-state index in [1.165, 1.54) is 0 Å². The molecule has 2 aromatic rings. The highest BCUT2D eigenvalue weighted by Gasteiger charge is 1.97. The van der Waals surface area contributed by atoms with Gasteiger partial charge >= 0.3 is 11.9 Å². The smallest absolute Gasteiger partial charge is 0.317 e. The van der Waals surface area contributed by atoms with Crippen LogP contribution in [0.25, 0.3) is 0 Å². The molecule has 2 rings (SSSR count). The summed E-state index contributed by atoms with van der Waals surface area (Å²) in [6.45, 7) is 3.35. The summed E-state index contributed by atoms with van der Waals surface area (Å²) in [4.78, 5) is 23.8. The summed E-state index contributed by atoms with van der Waals surface area (Å²) >= 11 is 0. The Bertz CT molecular complexity index is 743. The molecule has 1 heterocycles. The molecule has 0 aliphatic carbocycles. The predicted octanol–water partition coefficient (Wildman–Crippen LogP) is 1.84. The quantitative estimate of drug-likeness (QED) is 0.735. The summed E-state index contributed by atoms with van der Waals surface area (Å²) in [7, 11) is 0. The van der Waals surface area contributed by atoms with Crippen molar-refractivity contribution >= 4 is 11.9 Å². The minimum absolute atomic E-state index is 0.313. The summed E-state index contributed by atoms with van der Waals surface area (Å²) in [5.74, 6) is 4.17. The fraction of sp³-hybridized carbons (Fsp3) is 0.211. The largest absolute Gasteiger partial charge is 0.480 e. The lowest BCUT2D eigenvalue weighted by Gasteiger charge is -1.96. The lowest BCUT2D eigenvalue weighted by Crippen LogP contribution is -2.27. The van der Waals surface area contributed by atoms with E-state index in [1.807, 2.05) is 56.3 Å². The Morgan fingerprint density at radius 1 is 0.920 bits per heavy atom. The van der Waals surface area contributed by atoms with Crippen LogP contribution in [0.15, 0.2) is 42.5 Å². The SMILES string of the molecule is Cc1cc(C#Cc2ccccc2)cc(C)n1.O=C(O)CNCC(=O)O. The number of hydrogen-bond acceptors (Lipinski definition) is 4. The molecule has 0 unspecified atom stereocenters. The van der Waals surface area contributed by atoms with Crippen LogP contribution in [0, 0.1) is 25.7 Å². The second-order valence-electron chi connectivity index (χ2n) is 5.15. The van der Waals surface area contributed by atoms with Crippen molar-refractivity contribution in [1.82, 2.24) is 10.3 Å². The molecule has 0 bridgehead atoms. The van der Waals surface area contributed by atoms with E-state index in [0.29, 0.717) is 0 Å². The number of aliphatic carboxylic acids is 2. The number of aromatic nitrogens is 1. The van der Waals surface area contributed by atoms with Gasteiger partial charge in [-0.15, -0.1) is 0 Å². The van der Waals surface area contributed by atoms with Gasteiger partial charge in [-0.1, -0.05) is 30.0 Å². The second-order valence-corrected chi connectivity index (χ2v) is 5.15. The van der Waals surface area contributed by atoms with Crippen LogP contribution < -0.4 is 5.32 Å². The molecule has 6 nitrogen and oxygen atoms in total. The minimum Gasteiger partial charge on any atom is -0.480 e. The van der Waals surface area contributed by atoms with Crippen LogP contribution in [0.2, 0.25) is 0 Å². The van der Waals surface area contributed by atoms with E-state index in [-0.39, 0.29) is 13.1 Å². The van der Waals surface area contributed by atoms with Crippen LogP contribution in [0.4, 0.5) is 0 Å². The number of rotatable bonds is 4. The normalized spacial score (nSPS) is 9.20. The lowest BCUT2D eigenvalue weighted by molar-refractivity contribution is -0.137. The van der Waals surface area contributed by atoms with E-state index in [2.05, 4.69) is 22.1 Å². The van der Waals surface area contributed by atoms with E-state index in [1.54, 1.807) is 0 Å². The molecule has 0 radical (unpaired) electrons. The summed E-state index contributed by atoms with van der Waals surface area (Å²) in [6.07, 6.45) is 0. The molecule has 1 aromatic carbocycles. The molecule has 0 spiro atoms. The van der Waals surface area contributed by atoms with Crippen molar-refractivity contribution in [3.8, 4) is 11.8 Å². The van der Waals surface area contributed by atoms with Crippen molar-refractivity contribution in [3.63, 3.8) is 0 Å². The van der Waals surface area contributed by atoms with Gasteiger partial charge in [0.15, 0.2) is 0 Å². The van der Waals surface area contributed by atoms with E-state index < -0.39 is 11.9 Å². The van der Waals surface area contributed by atoms with Gasteiger partial charge in [0, 0.05) is 22.5 Å². The topological polar surface area (TPSA) is 99.5 Å². The summed E-state index contributed by atoms with van der Waals surface area (Å²) in [5.41, 5.74) is 4.08. The Hall–Kier alpha value is -3.17. The highest BCUT2D eigenvalue weighted by atomic mass is 16.4. The molecular weight excluding hydrogens is 320 g/mol. The first-order valence-corrected chi connectivity index (χ1v) is 7.53. The van der Waals surface area contributed by atoms with Gasteiger partial charge in [0.2, 0.25) is 0 Å². The number of nitrogens with one attached hydrogen (secondary N) is 1. The van der Waals surface area contributed by atoms with Crippen molar-refractivity contribution in [2.45, 2.75) is 13.8 Å². The third-order valence-electron chi connectivity index (χ3n) is 2.76. The maximum atomic E-state index is 9.73. The Kier molecular flexibility index (Phi) is 8.41. The second kappa shape index (κ2) is 10.6. The summed E-state index contributed by atoms with van der Waals surface area (Å²) in [6, 6.07) is 14.0. The van der Waals surface area contributed by atoms with Crippen LogP contribution in [0.3, 0.4) is 0 Å². The first-order valence-electron chi connectivity index (χ1n) is 7.53. The van der Waals surface area contributed by atoms with Gasteiger partial charge in [-0.05, 0) is 38.1 Å². The molecule has 0 saturated carbocycles. The monoisotopic (exact) mass is 340 g/mol. The zero-order valence-electron chi connectivity index (χ0n) is 14.1. The van der Waals surface area contributed by atoms with Crippen LogP contribution >= 0.6 is 0 Å². The van der Waals surface area contributed by atoms with E-state index >= 15 is 0 Å². The Balaban J connectivity index is 0.000000299. The molecule has 1 aromatic heterocycles. The van der Waals surface area contributed by atoms with Crippen LogP contribution in [-0.4, -0.2) is 40.2 Å². The highest BCUT2D eigenvalue weighted by Crippen LogP contribution is 2.04. The van der Waals surface area contributed by atoms with Crippen LogP contribution in [0.1, 0.15) is 22.5 Å². The third-order valence-corrected chi connectivity index (χ3v) is 2.76. The number of carboxylic acids is 2. The molecule has 130 valence electrons. The average molecular weight is 340 g/mol. The Morgan fingerprint density at radius 3 is 1.88 bits per heavy atom. The minimum atomic E-state index is -1.06. The van der Waals surface area contributed by atoms with Gasteiger partial charge in [-0.2, -0.15) is 0 Å². The van der Waals surface area contributed by atoms with Crippen molar-refractivity contribution in [1.29, 1.82) is 0 Å².